The zero-order chi connectivity index (χ0) is 10.9. The summed E-state index contributed by atoms with van der Waals surface area (Å²) in [6, 6.07) is 0. The molecule has 2 rings (SSSR count). The van der Waals surface area contributed by atoms with Crippen molar-refractivity contribution in [2.24, 2.45) is 12.8 Å². The lowest BCUT2D eigenvalue weighted by Gasteiger charge is -2.41. The fourth-order valence-electron chi connectivity index (χ4n) is 1.84. The number of hydrogen-bond donors (Lipinski definition) is 2. The summed E-state index contributed by atoms with van der Waals surface area (Å²) in [5.41, 5.74) is 6.10. The van der Waals surface area contributed by atoms with Crippen molar-refractivity contribution in [3.8, 4) is 0 Å². The number of rotatable bonds is 3. The average Bonchev–Trinajstić information content (AvgIpc) is 2.58. The van der Waals surface area contributed by atoms with Gasteiger partial charge < -0.3 is 11.1 Å². The molecule has 3 N–H and O–H groups in total. The molecule has 1 saturated carbocycles. The van der Waals surface area contributed by atoms with Gasteiger partial charge in [-0.15, -0.1) is 0 Å². The van der Waals surface area contributed by atoms with Crippen LogP contribution in [0, 0.1) is 0 Å². The van der Waals surface area contributed by atoms with E-state index in [0.717, 1.165) is 19.3 Å². The standard InChI is InChI=1S/C10H16N4O/c1-14-6-8(5-12-14)9(15)13-10(7-11)3-2-4-10/h5-6H,2-4,7,11H2,1H3,(H,13,15). The van der Waals surface area contributed by atoms with Gasteiger partial charge in [0.25, 0.3) is 5.91 Å². The Kier molecular flexibility index (Phi) is 2.48. The van der Waals surface area contributed by atoms with Gasteiger partial charge >= 0.3 is 0 Å². The molecule has 1 heterocycles. The van der Waals surface area contributed by atoms with Gasteiger partial charge in [0, 0.05) is 19.8 Å². The van der Waals surface area contributed by atoms with Crippen molar-refractivity contribution in [2.45, 2.75) is 24.8 Å². The molecule has 82 valence electrons. The monoisotopic (exact) mass is 208 g/mol. The smallest absolute Gasteiger partial charge is 0.254 e. The van der Waals surface area contributed by atoms with E-state index in [0.29, 0.717) is 12.1 Å². The first-order valence-corrected chi connectivity index (χ1v) is 5.16. The van der Waals surface area contributed by atoms with Gasteiger partial charge in [-0.2, -0.15) is 5.10 Å². The highest BCUT2D eigenvalue weighted by Gasteiger charge is 2.37. The molecular formula is C10H16N4O. The molecular weight excluding hydrogens is 192 g/mol. The Bertz CT molecular complexity index is 362. The van der Waals surface area contributed by atoms with Gasteiger partial charge in [-0.3, -0.25) is 9.48 Å². The van der Waals surface area contributed by atoms with Crippen molar-refractivity contribution in [3.63, 3.8) is 0 Å². The SMILES string of the molecule is Cn1cc(C(=O)NC2(CN)CCC2)cn1. The van der Waals surface area contributed by atoms with Crippen LogP contribution in [0.15, 0.2) is 12.4 Å². The third kappa shape index (κ3) is 1.87. The first-order chi connectivity index (χ1) is 7.15. The summed E-state index contributed by atoms with van der Waals surface area (Å²) in [6.45, 7) is 0.513. The van der Waals surface area contributed by atoms with Crippen molar-refractivity contribution in [2.75, 3.05) is 6.54 Å². The van der Waals surface area contributed by atoms with Crippen molar-refractivity contribution in [1.82, 2.24) is 15.1 Å². The number of nitrogens with zero attached hydrogens (tertiary/aromatic N) is 2. The summed E-state index contributed by atoms with van der Waals surface area (Å²) in [5.74, 6) is -0.0757. The lowest BCUT2D eigenvalue weighted by Crippen LogP contribution is -2.58. The topological polar surface area (TPSA) is 72.9 Å². The first-order valence-electron chi connectivity index (χ1n) is 5.16. The van der Waals surface area contributed by atoms with Crippen molar-refractivity contribution < 1.29 is 4.79 Å². The highest BCUT2D eigenvalue weighted by Crippen LogP contribution is 2.30. The van der Waals surface area contributed by atoms with Crippen LogP contribution < -0.4 is 11.1 Å². The predicted molar refractivity (Wildman–Crippen MR) is 56.3 cm³/mol. The van der Waals surface area contributed by atoms with Crippen LogP contribution in [0.4, 0.5) is 0 Å². The lowest BCUT2D eigenvalue weighted by atomic mass is 9.76. The fraction of sp³-hybridized carbons (Fsp3) is 0.600. The van der Waals surface area contributed by atoms with Crippen LogP contribution in [-0.4, -0.2) is 27.8 Å². The van der Waals surface area contributed by atoms with E-state index in [1.807, 2.05) is 0 Å². The molecule has 15 heavy (non-hydrogen) atoms. The molecule has 1 aliphatic carbocycles. The highest BCUT2D eigenvalue weighted by molar-refractivity contribution is 5.94. The third-order valence-corrected chi connectivity index (χ3v) is 3.05. The minimum Gasteiger partial charge on any atom is -0.345 e. The summed E-state index contributed by atoms with van der Waals surface area (Å²) < 4.78 is 1.62. The van der Waals surface area contributed by atoms with E-state index in [1.165, 1.54) is 0 Å². The van der Waals surface area contributed by atoms with Gasteiger partial charge in [-0.1, -0.05) is 0 Å². The summed E-state index contributed by atoms with van der Waals surface area (Å²) >= 11 is 0. The van der Waals surface area contributed by atoms with E-state index < -0.39 is 0 Å². The van der Waals surface area contributed by atoms with Crippen molar-refractivity contribution in [3.05, 3.63) is 18.0 Å². The van der Waals surface area contributed by atoms with Crippen LogP contribution in [0.2, 0.25) is 0 Å². The molecule has 0 bridgehead atoms. The molecule has 0 aliphatic heterocycles. The summed E-state index contributed by atoms with van der Waals surface area (Å²) in [5, 5.41) is 6.95. The molecule has 0 saturated heterocycles. The minimum absolute atomic E-state index is 0.0757. The molecule has 1 amide bonds. The van der Waals surface area contributed by atoms with E-state index in [1.54, 1.807) is 24.1 Å². The second-order valence-electron chi connectivity index (χ2n) is 4.19. The zero-order valence-corrected chi connectivity index (χ0v) is 8.86. The van der Waals surface area contributed by atoms with Crippen LogP contribution >= 0.6 is 0 Å². The molecule has 1 aromatic heterocycles. The largest absolute Gasteiger partial charge is 0.345 e. The highest BCUT2D eigenvalue weighted by atomic mass is 16.1. The Hall–Kier alpha value is -1.36. The number of aromatic nitrogens is 2. The van der Waals surface area contributed by atoms with Gasteiger partial charge in [-0.25, -0.2) is 0 Å². The summed E-state index contributed by atoms with van der Waals surface area (Å²) in [4.78, 5) is 11.8. The van der Waals surface area contributed by atoms with E-state index in [9.17, 15) is 4.79 Å². The van der Waals surface area contributed by atoms with Gasteiger partial charge in [0.2, 0.25) is 0 Å². The maximum Gasteiger partial charge on any atom is 0.254 e. The van der Waals surface area contributed by atoms with Crippen LogP contribution in [0.3, 0.4) is 0 Å². The Morgan fingerprint density at radius 1 is 1.73 bits per heavy atom. The number of carbonyl (C=O) groups is 1. The van der Waals surface area contributed by atoms with Crippen LogP contribution in [0.25, 0.3) is 0 Å². The normalized spacial score (nSPS) is 18.3. The van der Waals surface area contributed by atoms with E-state index in [2.05, 4.69) is 10.4 Å². The Balaban J connectivity index is 2.03. The van der Waals surface area contributed by atoms with Gasteiger partial charge in [0.15, 0.2) is 0 Å². The second kappa shape index (κ2) is 3.66. The molecule has 5 nitrogen and oxygen atoms in total. The minimum atomic E-state index is -0.160. The Labute approximate surface area is 88.6 Å². The molecule has 1 aromatic rings. The molecule has 0 unspecified atom stereocenters. The number of nitrogens with one attached hydrogen (secondary N) is 1. The van der Waals surface area contributed by atoms with E-state index in [-0.39, 0.29) is 11.4 Å². The average molecular weight is 208 g/mol. The molecule has 1 fully saturated rings. The van der Waals surface area contributed by atoms with Crippen LogP contribution in [0.5, 0.6) is 0 Å². The second-order valence-corrected chi connectivity index (χ2v) is 4.19. The molecule has 0 atom stereocenters. The number of nitrogens with two attached hydrogens (primary N) is 1. The number of aryl methyl sites for hydroxylation is 1. The number of amides is 1. The molecule has 0 radical (unpaired) electrons. The lowest BCUT2D eigenvalue weighted by molar-refractivity contribution is 0.0837. The Morgan fingerprint density at radius 2 is 2.47 bits per heavy atom. The quantitative estimate of drug-likeness (QED) is 0.736. The fourth-order valence-corrected chi connectivity index (χ4v) is 1.84. The first kappa shape index (κ1) is 10.2. The predicted octanol–water partition coefficient (Wildman–Crippen LogP) is 0.0313. The zero-order valence-electron chi connectivity index (χ0n) is 8.86. The maximum absolute atomic E-state index is 11.8. The Morgan fingerprint density at radius 3 is 2.87 bits per heavy atom. The molecule has 1 aliphatic rings. The van der Waals surface area contributed by atoms with Gasteiger partial charge in [0.1, 0.15) is 0 Å². The molecule has 5 heteroatoms. The number of hydrogen-bond acceptors (Lipinski definition) is 3. The third-order valence-electron chi connectivity index (χ3n) is 3.05. The van der Waals surface area contributed by atoms with Gasteiger partial charge in [-0.05, 0) is 19.3 Å². The molecule has 0 aromatic carbocycles. The molecule has 0 spiro atoms. The summed E-state index contributed by atoms with van der Waals surface area (Å²) in [7, 11) is 1.79. The van der Waals surface area contributed by atoms with E-state index >= 15 is 0 Å². The van der Waals surface area contributed by atoms with Crippen molar-refractivity contribution in [1.29, 1.82) is 0 Å². The number of carbonyl (C=O) groups excluding carboxylic acids is 1. The summed E-state index contributed by atoms with van der Waals surface area (Å²) in [6.07, 6.45) is 6.38. The van der Waals surface area contributed by atoms with E-state index in [4.69, 9.17) is 5.73 Å². The maximum atomic E-state index is 11.8. The van der Waals surface area contributed by atoms with Gasteiger partial charge in [0.05, 0.1) is 17.3 Å². The van der Waals surface area contributed by atoms with Crippen LogP contribution in [-0.2, 0) is 7.05 Å². The van der Waals surface area contributed by atoms with Crippen LogP contribution in [0.1, 0.15) is 29.6 Å². The van der Waals surface area contributed by atoms with Crippen molar-refractivity contribution >= 4 is 5.91 Å².